The SMILES string of the molecule is C=CCNC(=O)c1c(I)c(NC(=O)COC(C)=O)c(I)c(C(=O)I)c1I. The molecule has 7 nitrogen and oxygen atoms in total. The molecule has 1 rings (SSSR count). The van der Waals surface area contributed by atoms with Gasteiger partial charge in [0, 0.05) is 39.6 Å². The van der Waals surface area contributed by atoms with Gasteiger partial charge in [0.1, 0.15) is 0 Å². The molecule has 0 aliphatic rings. The summed E-state index contributed by atoms with van der Waals surface area (Å²) in [6.45, 7) is 4.55. The summed E-state index contributed by atoms with van der Waals surface area (Å²) in [4.78, 5) is 47.5. The molecule has 0 heterocycles. The van der Waals surface area contributed by atoms with E-state index in [1.807, 2.05) is 67.8 Å². The van der Waals surface area contributed by atoms with E-state index in [0.29, 0.717) is 22.0 Å². The summed E-state index contributed by atoms with van der Waals surface area (Å²) < 4.78 is 5.89. The van der Waals surface area contributed by atoms with E-state index in [2.05, 4.69) is 21.9 Å². The Morgan fingerprint density at radius 2 is 1.65 bits per heavy atom. The highest BCUT2D eigenvalue weighted by atomic mass is 127. The lowest BCUT2D eigenvalue weighted by Gasteiger charge is -2.18. The maximum atomic E-state index is 12.5. The van der Waals surface area contributed by atoms with Gasteiger partial charge in [0.25, 0.3) is 11.8 Å². The summed E-state index contributed by atoms with van der Waals surface area (Å²) in [5.74, 6) is -1.54. The summed E-state index contributed by atoms with van der Waals surface area (Å²) in [6.07, 6.45) is 1.54. The van der Waals surface area contributed by atoms with Crippen molar-refractivity contribution in [3.8, 4) is 0 Å². The molecular weight excluding hydrogens is 796 g/mol. The maximum absolute atomic E-state index is 12.5. The molecule has 0 aromatic heterocycles. The highest BCUT2D eigenvalue weighted by Crippen LogP contribution is 2.36. The van der Waals surface area contributed by atoms with Crippen molar-refractivity contribution < 1.29 is 23.9 Å². The second-order valence-electron chi connectivity index (χ2n) is 4.67. The summed E-state index contributed by atoms with van der Waals surface area (Å²) in [7, 11) is 0. The second kappa shape index (κ2) is 11.1. The Balaban J connectivity index is 3.44. The number of carbonyl (C=O) groups is 4. The number of halogens is 4. The number of carbonyl (C=O) groups excluding carboxylic acids is 4. The fourth-order valence-electron chi connectivity index (χ4n) is 1.74. The van der Waals surface area contributed by atoms with Crippen LogP contribution in [0.3, 0.4) is 0 Å². The van der Waals surface area contributed by atoms with Crippen molar-refractivity contribution in [2.24, 2.45) is 0 Å². The summed E-state index contributed by atoms with van der Waals surface area (Å²) in [5.41, 5.74) is 0.947. The molecule has 0 saturated heterocycles. The van der Waals surface area contributed by atoms with Crippen molar-refractivity contribution in [1.82, 2.24) is 5.32 Å². The van der Waals surface area contributed by atoms with E-state index in [1.54, 1.807) is 22.6 Å². The van der Waals surface area contributed by atoms with Gasteiger partial charge >= 0.3 is 5.97 Å². The van der Waals surface area contributed by atoms with Crippen molar-refractivity contribution in [2.45, 2.75) is 6.92 Å². The molecule has 0 atom stereocenters. The summed E-state index contributed by atoms with van der Waals surface area (Å²) >= 11 is 7.47. The fourth-order valence-corrected chi connectivity index (χ4v) is 7.73. The number of esters is 1. The van der Waals surface area contributed by atoms with Gasteiger partial charge in [-0.25, -0.2) is 0 Å². The van der Waals surface area contributed by atoms with E-state index in [4.69, 9.17) is 0 Å². The van der Waals surface area contributed by atoms with Crippen LogP contribution < -0.4 is 10.6 Å². The number of anilines is 1. The van der Waals surface area contributed by atoms with Gasteiger partial charge in [-0.2, -0.15) is 0 Å². The minimum atomic E-state index is -0.584. The molecule has 0 unspecified atom stereocenters. The number of nitrogens with one attached hydrogen (secondary N) is 2. The third kappa shape index (κ3) is 6.25. The third-order valence-corrected chi connectivity index (χ3v) is 6.59. The largest absolute Gasteiger partial charge is 0.456 e. The first kappa shape index (κ1) is 24.0. The number of amides is 2. The van der Waals surface area contributed by atoms with Crippen LogP contribution >= 0.6 is 90.4 Å². The highest BCUT2D eigenvalue weighted by Gasteiger charge is 2.27. The minimum absolute atomic E-state index is 0.263. The van der Waals surface area contributed by atoms with Crippen molar-refractivity contribution in [3.05, 3.63) is 34.5 Å². The first-order valence-corrected chi connectivity index (χ1v) is 11.2. The molecule has 2 N–H and O–H groups in total. The lowest BCUT2D eigenvalue weighted by Crippen LogP contribution is -2.28. The normalized spacial score (nSPS) is 10.0. The number of rotatable bonds is 7. The molecule has 26 heavy (non-hydrogen) atoms. The zero-order chi connectivity index (χ0) is 20.0. The Labute approximate surface area is 204 Å². The van der Waals surface area contributed by atoms with Crippen LogP contribution in [0.2, 0.25) is 0 Å². The molecule has 0 fully saturated rings. The van der Waals surface area contributed by atoms with Crippen LogP contribution in [0.5, 0.6) is 0 Å². The lowest BCUT2D eigenvalue weighted by molar-refractivity contribution is -0.144. The Morgan fingerprint density at radius 1 is 1.08 bits per heavy atom. The van der Waals surface area contributed by atoms with E-state index in [1.165, 1.54) is 13.0 Å². The van der Waals surface area contributed by atoms with Gasteiger partial charge in [0.05, 0.1) is 24.0 Å². The zero-order valence-electron chi connectivity index (χ0n) is 13.3. The maximum Gasteiger partial charge on any atom is 0.303 e. The van der Waals surface area contributed by atoms with Gasteiger partial charge < -0.3 is 15.4 Å². The summed E-state index contributed by atoms with van der Waals surface area (Å²) in [5, 5.41) is 5.29. The molecule has 0 spiro atoms. The van der Waals surface area contributed by atoms with Crippen LogP contribution in [0.25, 0.3) is 0 Å². The first-order valence-electron chi connectivity index (χ1n) is 6.84. The van der Waals surface area contributed by atoms with Crippen molar-refractivity contribution >= 4 is 118 Å². The van der Waals surface area contributed by atoms with Crippen LogP contribution in [0.15, 0.2) is 12.7 Å². The molecule has 140 valence electrons. The van der Waals surface area contributed by atoms with Gasteiger partial charge in [-0.1, -0.05) is 6.08 Å². The number of benzene rings is 1. The first-order chi connectivity index (χ1) is 12.1. The van der Waals surface area contributed by atoms with Crippen LogP contribution in [-0.2, 0) is 14.3 Å². The monoisotopic (exact) mass is 808 g/mol. The summed E-state index contributed by atoms with van der Waals surface area (Å²) in [6, 6.07) is 0. The number of ether oxygens (including phenoxy) is 1. The molecule has 0 bridgehead atoms. The predicted octanol–water partition coefficient (Wildman–Crippen LogP) is 3.49. The Kier molecular flexibility index (Phi) is 10.2. The van der Waals surface area contributed by atoms with Crippen molar-refractivity contribution in [3.63, 3.8) is 0 Å². The molecular formula is C15H12I4N2O5. The molecule has 11 heteroatoms. The molecule has 1 aromatic carbocycles. The van der Waals surface area contributed by atoms with Gasteiger partial charge in [0.2, 0.25) is 3.79 Å². The standard InChI is InChI=1S/C15H12I4N2O5/c1-3-4-20-15(25)9-10(16)8(14(19)24)11(17)13(12(9)18)21-7(23)5-26-6(2)22/h3H,1,4-5H2,2H3,(H,20,25)(H,21,23). The Hall–Kier alpha value is -0.0400. The Bertz CT molecular complexity index is 795. The van der Waals surface area contributed by atoms with E-state index in [-0.39, 0.29) is 21.8 Å². The van der Waals surface area contributed by atoms with Crippen molar-refractivity contribution in [2.75, 3.05) is 18.5 Å². The minimum Gasteiger partial charge on any atom is -0.456 e. The smallest absolute Gasteiger partial charge is 0.303 e. The van der Waals surface area contributed by atoms with Gasteiger partial charge in [-0.15, -0.1) is 6.58 Å². The van der Waals surface area contributed by atoms with Crippen LogP contribution in [0.1, 0.15) is 27.6 Å². The van der Waals surface area contributed by atoms with Crippen LogP contribution in [0.4, 0.5) is 5.69 Å². The Morgan fingerprint density at radius 3 is 2.15 bits per heavy atom. The molecule has 2 amide bonds. The van der Waals surface area contributed by atoms with Crippen LogP contribution in [0, 0.1) is 10.7 Å². The molecule has 0 aliphatic heterocycles. The van der Waals surface area contributed by atoms with E-state index in [9.17, 15) is 19.2 Å². The lowest BCUT2D eigenvalue weighted by atomic mass is 10.1. The van der Waals surface area contributed by atoms with Crippen LogP contribution in [-0.4, -0.2) is 34.7 Å². The number of hydrogen-bond donors (Lipinski definition) is 2. The molecule has 1 aromatic rings. The van der Waals surface area contributed by atoms with Gasteiger partial charge in [-0.05, 0) is 67.8 Å². The third-order valence-electron chi connectivity index (χ3n) is 2.82. The van der Waals surface area contributed by atoms with E-state index < -0.39 is 18.5 Å². The second-order valence-corrected chi connectivity index (χ2v) is 8.88. The topological polar surface area (TPSA) is 102 Å². The van der Waals surface area contributed by atoms with Crippen molar-refractivity contribution in [1.29, 1.82) is 0 Å². The molecule has 0 aliphatic carbocycles. The quantitative estimate of drug-likeness (QED) is 0.190. The molecule has 0 radical (unpaired) electrons. The molecule has 0 saturated carbocycles. The van der Waals surface area contributed by atoms with E-state index in [0.717, 1.165) is 0 Å². The zero-order valence-corrected chi connectivity index (χ0v) is 21.9. The highest BCUT2D eigenvalue weighted by molar-refractivity contribution is 14.1. The average molecular weight is 808 g/mol. The van der Waals surface area contributed by atoms with Gasteiger partial charge in [0.15, 0.2) is 6.61 Å². The number of hydrogen-bond acceptors (Lipinski definition) is 5. The fraction of sp³-hybridized carbons (Fsp3) is 0.200. The predicted molar refractivity (Wildman–Crippen MR) is 131 cm³/mol. The van der Waals surface area contributed by atoms with E-state index >= 15 is 0 Å². The van der Waals surface area contributed by atoms with Gasteiger partial charge in [-0.3, -0.25) is 19.2 Å². The average Bonchev–Trinajstić information content (AvgIpc) is 2.54.